The van der Waals surface area contributed by atoms with Gasteiger partial charge >= 0.3 is 5.97 Å². The zero-order valence-corrected chi connectivity index (χ0v) is 12.8. The van der Waals surface area contributed by atoms with Crippen LogP contribution in [0.25, 0.3) is 0 Å². The van der Waals surface area contributed by atoms with E-state index in [9.17, 15) is 9.59 Å². The first-order valence-electron chi connectivity index (χ1n) is 7.17. The lowest BCUT2D eigenvalue weighted by Crippen LogP contribution is -2.41. The number of hydrogen-bond donors (Lipinski definition) is 1. The predicted molar refractivity (Wildman–Crippen MR) is 80.4 cm³/mol. The number of carboxylic acid groups (broad SMARTS) is 1. The summed E-state index contributed by atoms with van der Waals surface area (Å²) >= 11 is 0. The minimum atomic E-state index is -0.912. The molecule has 0 aliphatic rings. The highest BCUT2D eigenvalue weighted by Gasteiger charge is 2.18. The van der Waals surface area contributed by atoms with Crippen LogP contribution in [0.2, 0.25) is 0 Å². The van der Waals surface area contributed by atoms with E-state index in [1.165, 1.54) is 10.5 Å². The van der Waals surface area contributed by atoms with Gasteiger partial charge < -0.3 is 14.7 Å². The number of amides is 1. The third-order valence-corrected chi connectivity index (χ3v) is 3.20. The van der Waals surface area contributed by atoms with Crippen LogP contribution in [0.5, 0.6) is 5.75 Å². The smallest absolute Gasteiger partial charge is 0.305 e. The Hall–Kier alpha value is -2.04. The number of benzene rings is 1. The Labute approximate surface area is 125 Å². The Morgan fingerprint density at radius 3 is 2.33 bits per heavy atom. The van der Waals surface area contributed by atoms with Gasteiger partial charge in [0.1, 0.15) is 5.75 Å². The van der Waals surface area contributed by atoms with E-state index >= 15 is 0 Å². The van der Waals surface area contributed by atoms with Crippen molar-refractivity contribution in [2.24, 2.45) is 0 Å². The van der Waals surface area contributed by atoms with E-state index in [1.54, 1.807) is 0 Å². The predicted octanol–water partition coefficient (Wildman–Crippen LogP) is 2.34. The van der Waals surface area contributed by atoms with Gasteiger partial charge in [0.2, 0.25) is 0 Å². The van der Waals surface area contributed by atoms with Crippen molar-refractivity contribution in [1.29, 1.82) is 0 Å². The number of carbonyl (C=O) groups excluding carboxylic acids is 1. The summed E-state index contributed by atoms with van der Waals surface area (Å²) in [6.45, 7) is 5.90. The van der Waals surface area contributed by atoms with Crippen molar-refractivity contribution in [3.63, 3.8) is 0 Å². The Balaban J connectivity index is 2.54. The Bertz CT molecular complexity index is 468. The number of aryl methyl sites for hydroxylation is 1. The van der Waals surface area contributed by atoms with Crippen LogP contribution in [-0.4, -0.2) is 41.1 Å². The molecule has 5 nitrogen and oxygen atoms in total. The lowest BCUT2D eigenvalue weighted by atomic mass is 10.2. The number of ether oxygens (including phenoxy) is 1. The summed E-state index contributed by atoms with van der Waals surface area (Å²) in [5.74, 6) is -0.474. The maximum Gasteiger partial charge on any atom is 0.305 e. The summed E-state index contributed by atoms with van der Waals surface area (Å²) in [5, 5.41) is 8.71. The molecule has 0 heterocycles. The fraction of sp³-hybridized carbons (Fsp3) is 0.500. The fourth-order valence-electron chi connectivity index (χ4n) is 1.94. The van der Waals surface area contributed by atoms with E-state index in [0.29, 0.717) is 5.75 Å². The van der Waals surface area contributed by atoms with Gasteiger partial charge in [-0.2, -0.15) is 0 Å². The Morgan fingerprint density at radius 1 is 1.24 bits per heavy atom. The van der Waals surface area contributed by atoms with Crippen LogP contribution in [0, 0.1) is 0 Å². The van der Waals surface area contributed by atoms with E-state index < -0.39 is 5.97 Å². The molecular formula is C16H23NO4. The highest BCUT2D eigenvalue weighted by Crippen LogP contribution is 2.13. The van der Waals surface area contributed by atoms with Crippen LogP contribution in [0.3, 0.4) is 0 Å². The van der Waals surface area contributed by atoms with Gasteiger partial charge in [-0.3, -0.25) is 9.59 Å². The first-order valence-corrected chi connectivity index (χ1v) is 7.17. The van der Waals surface area contributed by atoms with Gasteiger partial charge in [0, 0.05) is 12.6 Å². The number of carboxylic acids is 1. The van der Waals surface area contributed by atoms with Crippen molar-refractivity contribution < 1.29 is 19.4 Å². The average molecular weight is 293 g/mol. The Kier molecular flexibility index (Phi) is 6.72. The molecule has 0 unspecified atom stereocenters. The number of nitrogens with zero attached hydrogens (tertiary/aromatic N) is 1. The van der Waals surface area contributed by atoms with Crippen LogP contribution in [0.1, 0.15) is 32.8 Å². The van der Waals surface area contributed by atoms with Crippen LogP contribution in [0.4, 0.5) is 0 Å². The summed E-state index contributed by atoms with van der Waals surface area (Å²) in [7, 11) is 0. The zero-order valence-electron chi connectivity index (χ0n) is 12.8. The molecule has 21 heavy (non-hydrogen) atoms. The van der Waals surface area contributed by atoms with Gasteiger partial charge in [-0.25, -0.2) is 0 Å². The summed E-state index contributed by atoms with van der Waals surface area (Å²) < 4.78 is 5.47. The second-order valence-corrected chi connectivity index (χ2v) is 5.11. The first kappa shape index (κ1) is 17.0. The maximum absolute atomic E-state index is 12.1. The monoisotopic (exact) mass is 293 g/mol. The molecule has 0 bridgehead atoms. The van der Waals surface area contributed by atoms with E-state index in [0.717, 1.165) is 6.42 Å². The van der Waals surface area contributed by atoms with Gasteiger partial charge in [0.25, 0.3) is 5.91 Å². The third-order valence-electron chi connectivity index (χ3n) is 3.20. The van der Waals surface area contributed by atoms with Gasteiger partial charge in [-0.05, 0) is 38.0 Å². The summed E-state index contributed by atoms with van der Waals surface area (Å²) in [4.78, 5) is 24.2. The highest BCUT2D eigenvalue weighted by atomic mass is 16.5. The van der Waals surface area contributed by atoms with Crippen molar-refractivity contribution in [2.75, 3.05) is 13.2 Å². The molecule has 0 aromatic heterocycles. The first-order chi connectivity index (χ1) is 9.93. The lowest BCUT2D eigenvalue weighted by molar-refractivity contribution is -0.139. The van der Waals surface area contributed by atoms with Crippen molar-refractivity contribution in [1.82, 2.24) is 4.90 Å². The van der Waals surface area contributed by atoms with E-state index in [2.05, 4.69) is 6.92 Å². The summed E-state index contributed by atoms with van der Waals surface area (Å²) in [6.07, 6.45) is 0.893. The topological polar surface area (TPSA) is 66.8 Å². The molecule has 0 saturated carbocycles. The van der Waals surface area contributed by atoms with Gasteiger partial charge in [0.15, 0.2) is 6.61 Å². The van der Waals surface area contributed by atoms with Gasteiger partial charge in [-0.1, -0.05) is 19.1 Å². The molecule has 5 heteroatoms. The third kappa shape index (κ3) is 5.85. The zero-order chi connectivity index (χ0) is 15.8. The number of hydrogen-bond acceptors (Lipinski definition) is 3. The van der Waals surface area contributed by atoms with Crippen molar-refractivity contribution in [2.45, 2.75) is 39.7 Å². The quantitative estimate of drug-likeness (QED) is 0.799. The van der Waals surface area contributed by atoms with Crippen molar-refractivity contribution in [3.8, 4) is 5.75 Å². The maximum atomic E-state index is 12.1. The lowest BCUT2D eigenvalue weighted by Gasteiger charge is -2.26. The molecule has 116 valence electrons. The molecule has 1 amide bonds. The van der Waals surface area contributed by atoms with Crippen LogP contribution < -0.4 is 4.74 Å². The standard InChI is InChI=1S/C16H23NO4/c1-4-13-5-7-14(8-6-13)21-11-15(18)17(12(2)3)10-9-16(19)20/h5-8,12H,4,9-11H2,1-3H3,(H,19,20). The van der Waals surface area contributed by atoms with E-state index in [4.69, 9.17) is 9.84 Å². The largest absolute Gasteiger partial charge is 0.484 e. The second-order valence-electron chi connectivity index (χ2n) is 5.11. The molecule has 0 fully saturated rings. The molecule has 1 aromatic carbocycles. The van der Waals surface area contributed by atoms with E-state index in [1.807, 2.05) is 38.1 Å². The van der Waals surface area contributed by atoms with Gasteiger partial charge in [-0.15, -0.1) is 0 Å². The highest BCUT2D eigenvalue weighted by molar-refractivity contribution is 5.78. The van der Waals surface area contributed by atoms with E-state index in [-0.39, 0.29) is 31.5 Å². The van der Waals surface area contributed by atoms with Crippen molar-refractivity contribution in [3.05, 3.63) is 29.8 Å². The fourth-order valence-corrected chi connectivity index (χ4v) is 1.94. The molecular weight excluding hydrogens is 270 g/mol. The summed E-state index contributed by atoms with van der Waals surface area (Å²) in [6, 6.07) is 7.55. The number of carbonyl (C=O) groups is 2. The molecule has 1 N–H and O–H groups in total. The second kappa shape index (κ2) is 8.29. The van der Waals surface area contributed by atoms with Crippen LogP contribution in [0.15, 0.2) is 24.3 Å². The minimum Gasteiger partial charge on any atom is -0.484 e. The van der Waals surface area contributed by atoms with Crippen LogP contribution >= 0.6 is 0 Å². The molecule has 0 radical (unpaired) electrons. The van der Waals surface area contributed by atoms with Crippen molar-refractivity contribution >= 4 is 11.9 Å². The minimum absolute atomic E-state index is 0.0529. The summed E-state index contributed by atoms with van der Waals surface area (Å²) in [5.41, 5.74) is 1.21. The molecule has 1 aromatic rings. The molecule has 0 saturated heterocycles. The molecule has 0 aliphatic carbocycles. The number of rotatable bonds is 8. The average Bonchev–Trinajstić information content (AvgIpc) is 2.45. The SMILES string of the molecule is CCc1ccc(OCC(=O)N(CCC(=O)O)C(C)C)cc1. The molecule has 0 spiro atoms. The molecule has 0 atom stereocenters. The number of aliphatic carboxylic acids is 1. The normalized spacial score (nSPS) is 10.5. The Morgan fingerprint density at radius 2 is 1.86 bits per heavy atom. The van der Waals surface area contributed by atoms with Gasteiger partial charge in [0.05, 0.1) is 6.42 Å². The van der Waals surface area contributed by atoms with Crippen LogP contribution in [-0.2, 0) is 16.0 Å². The molecule has 0 aliphatic heterocycles. The molecule has 1 rings (SSSR count).